The summed E-state index contributed by atoms with van der Waals surface area (Å²) >= 11 is 0. The Morgan fingerprint density at radius 3 is 1.38 bits per heavy atom. The summed E-state index contributed by atoms with van der Waals surface area (Å²) in [6.45, 7) is 4.49. The van der Waals surface area contributed by atoms with Gasteiger partial charge in [0.05, 0.1) is 0 Å². The predicted octanol–water partition coefficient (Wildman–Crippen LogP) is 4.77. The summed E-state index contributed by atoms with van der Waals surface area (Å²) in [5, 5.41) is 0. The van der Waals surface area contributed by atoms with Crippen LogP contribution in [-0.2, 0) is 11.8 Å². The van der Waals surface area contributed by atoms with E-state index in [-0.39, 0.29) is 5.41 Å². The van der Waals surface area contributed by atoms with Crippen molar-refractivity contribution in [2.75, 3.05) is 11.5 Å². The molecule has 0 atom stereocenters. The molecule has 0 bridgehead atoms. The maximum absolute atomic E-state index is 5.80. The van der Waals surface area contributed by atoms with Crippen LogP contribution in [0.1, 0.15) is 36.1 Å². The highest BCUT2D eigenvalue weighted by Gasteiger charge is 2.22. The van der Waals surface area contributed by atoms with Crippen LogP contribution in [0.5, 0.6) is 0 Å². The van der Waals surface area contributed by atoms with Crippen molar-refractivity contribution in [3.8, 4) is 0 Å². The van der Waals surface area contributed by atoms with Gasteiger partial charge in [0, 0.05) is 16.8 Å². The third-order valence-electron chi connectivity index (χ3n) is 4.70. The van der Waals surface area contributed by atoms with Gasteiger partial charge in [-0.1, -0.05) is 62.4 Å². The molecule has 24 heavy (non-hydrogen) atoms. The standard InChI is InChI=1S/C22H24N2/c1-22(2,19-9-13-21(24)14-10-19)18-7-3-16(4-8-18)15-17-5-11-20(23)12-6-17/h3-14H,15,23-24H2,1-2H3. The molecule has 0 aliphatic heterocycles. The van der Waals surface area contributed by atoms with E-state index < -0.39 is 0 Å². The summed E-state index contributed by atoms with van der Waals surface area (Å²) in [5.41, 5.74) is 18.2. The van der Waals surface area contributed by atoms with Gasteiger partial charge in [0.15, 0.2) is 0 Å². The smallest absolute Gasteiger partial charge is 0.0314 e. The van der Waals surface area contributed by atoms with Crippen LogP contribution >= 0.6 is 0 Å². The fourth-order valence-electron chi connectivity index (χ4n) is 2.98. The van der Waals surface area contributed by atoms with Gasteiger partial charge in [-0.2, -0.15) is 0 Å². The van der Waals surface area contributed by atoms with Crippen LogP contribution in [-0.4, -0.2) is 0 Å². The van der Waals surface area contributed by atoms with Gasteiger partial charge in [-0.15, -0.1) is 0 Å². The molecule has 0 aliphatic rings. The van der Waals surface area contributed by atoms with E-state index in [4.69, 9.17) is 11.5 Å². The first kappa shape index (κ1) is 16.1. The van der Waals surface area contributed by atoms with E-state index in [2.05, 4.69) is 62.4 Å². The molecule has 4 N–H and O–H groups in total. The van der Waals surface area contributed by atoms with Crippen molar-refractivity contribution in [2.24, 2.45) is 0 Å². The number of benzene rings is 3. The summed E-state index contributed by atoms with van der Waals surface area (Å²) < 4.78 is 0. The van der Waals surface area contributed by atoms with Gasteiger partial charge in [0.25, 0.3) is 0 Å². The van der Waals surface area contributed by atoms with Crippen LogP contribution in [0.2, 0.25) is 0 Å². The Kier molecular flexibility index (Phi) is 4.30. The lowest BCUT2D eigenvalue weighted by Crippen LogP contribution is -2.18. The largest absolute Gasteiger partial charge is 0.399 e. The Balaban J connectivity index is 1.80. The molecule has 0 spiro atoms. The van der Waals surface area contributed by atoms with Crippen LogP contribution < -0.4 is 11.5 Å². The highest BCUT2D eigenvalue weighted by atomic mass is 14.5. The first-order chi connectivity index (χ1) is 11.4. The van der Waals surface area contributed by atoms with Crippen LogP contribution in [0.25, 0.3) is 0 Å². The van der Waals surface area contributed by atoms with Crippen molar-refractivity contribution in [1.29, 1.82) is 0 Å². The number of rotatable bonds is 4. The summed E-state index contributed by atoms with van der Waals surface area (Å²) in [5.74, 6) is 0. The molecule has 0 fully saturated rings. The van der Waals surface area contributed by atoms with Gasteiger partial charge in [0.1, 0.15) is 0 Å². The van der Waals surface area contributed by atoms with Crippen LogP contribution in [0, 0.1) is 0 Å². The van der Waals surface area contributed by atoms with Gasteiger partial charge in [0.2, 0.25) is 0 Å². The highest BCUT2D eigenvalue weighted by molar-refractivity contribution is 5.46. The van der Waals surface area contributed by atoms with Crippen molar-refractivity contribution in [3.05, 3.63) is 95.1 Å². The second-order valence-corrected chi connectivity index (χ2v) is 6.86. The Labute approximate surface area is 144 Å². The molecular weight excluding hydrogens is 292 g/mol. The molecule has 0 aliphatic carbocycles. The first-order valence-corrected chi connectivity index (χ1v) is 8.25. The van der Waals surface area contributed by atoms with Crippen molar-refractivity contribution in [2.45, 2.75) is 25.7 Å². The van der Waals surface area contributed by atoms with E-state index in [0.29, 0.717) is 0 Å². The number of nitrogen functional groups attached to an aromatic ring is 2. The second kappa shape index (κ2) is 6.40. The summed E-state index contributed by atoms with van der Waals surface area (Å²) in [6, 6.07) is 25.1. The third-order valence-corrected chi connectivity index (χ3v) is 4.70. The van der Waals surface area contributed by atoms with Crippen molar-refractivity contribution in [3.63, 3.8) is 0 Å². The number of anilines is 2. The molecule has 0 aromatic heterocycles. The quantitative estimate of drug-likeness (QED) is 0.681. The maximum atomic E-state index is 5.80. The lowest BCUT2D eigenvalue weighted by atomic mass is 9.78. The zero-order valence-corrected chi connectivity index (χ0v) is 14.3. The molecule has 0 saturated heterocycles. The molecule has 3 rings (SSSR count). The molecule has 0 radical (unpaired) electrons. The van der Waals surface area contributed by atoms with E-state index in [9.17, 15) is 0 Å². The predicted molar refractivity (Wildman–Crippen MR) is 103 cm³/mol. The molecule has 2 nitrogen and oxygen atoms in total. The van der Waals surface area contributed by atoms with E-state index in [1.165, 1.54) is 22.3 Å². The molecular formula is C22H24N2. The monoisotopic (exact) mass is 316 g/mol. The number of hydrogen-bond donors (Lipinski definition) is 2. The fourth-order valence-corrected chi connectivity index (χ4v) is 2.98. The lowest BCUT2D eigenvalue weighted by Gasteiger charge is -2.26. The van der Waals surface area contributed by atoms with E-state index in [0.717, 1.165) is 17.8 Å². The zero-order chi connectivity index (χ0) is 17.2. The van der Waals surface area contributed by atoms with Crippen molar-refractivity contribution in [1.82, 2.24) is 0 Å². The molecule has 0 unspecified atom stereocenters. The summed E-state index contributed by atoms with van der Waals surface area (Å²) in [6.07, 6.45) is 0.920. The van der Waals surface area contributed by atoms with E-state index in [1.54, 1.807) is 0 Å². The molecule has 122 valence electrons. The average Bonchev–Trinajstić information content (AvgIpc) is 2.58. The minimum Gasteiger partial charge on any atom is -0.399 e. The van der Waals surface area contributed by atoms with Crippen LogP contribution in [0.3, 0.4) is 0 Å². The van der Waals surface area contributed by atoms with Crippen molar-refractivity contribution >= 4 is 11.4 Å². The zero-order valence-electron chi connectivity index (χ0n) is 14.3. The number of hydrogen-bond acceptors (Lipinski definition) is 2. The molecule has 0 saturated carbocycles. The van der Waals surface area contributed by atoms with Crippen LogP contribution in [0.15, 0.2) is 72.8 Å². The first-order valence-electron chi connectivity index (χ1n) is 8.25. The Morgan fingerprint density at radius 1 is 0.583 bits per heavy atom. The second-order valence-electron chi connectivity index (χ2n) is 6.86. The molecule has 0 heterocycles. The summed E-state index contributed by atoms with van der Waals surface area (Å²) in [4.78, 5) is 0. The minimum absolute atomic E-state index is 0.0482. The SMILES string of the molecule is CC(C)(c1ccc(N)cc1)c1ccc(Cc2ccc(N)cc2)cc1. The fraction of sp³-hybridized carbons (Fsp3) is 0.182. The topological polar surface area (TPSA) is 52.0 Å². The summed E-state index contributed by atoms with van der Waals surface area (Å²) in [7, 11) is 0. The molecule has 2 heteroatoms. The highest BCUT2D eigenvalue weighted by Crippen LogP contribution is 2.32. The molecule has 3 aromatic carbocycles. The molecule has 0 amide bonds. The lowest BCUT2D eigenvalue weighted by molar-refractivity contribution is 0.640. The Bertz CT molecular complexity index is 798. The third kappa shape index (κ3) is 3.43. The van der Waals surface area contributed by atoms with E-state index in [1.807, 2.05) is 24.3 Å². The van der Waals surface area contributed by atoms with Gasteiger partial charge in [-0.25, -0.2) is 0 Å². The van der Waals surface area contributed by atoms with Crippen molar-refractivity contribution < 1.29 is 0 Å². The Morgan fingerprint density at radius 2 is 0.917 bits per heavy atom. The maximum Gasteiger partial charge on any atom is 0.0314 e. The number of nitrogens with two attached hydrogens (primary N) is 2. The molecule has 3 aromatic rings. The van der Waals surface area contributed by atoms with E-state index >= 15 is 0 Å². The van der Waals surface area contributed by atoms with Gasteiger partial charge >= 0.3 is 0 Å². The minimum atomic E-state index is -0.0482. The van der Waals surface area contributed by atoms with Gasteiger partial charge in [-0.05, 0) is 52.9 Å². The Hall–Kier alpha value is -2.74. The van der Waals surface area contributed by atoms with Crippen LogP contribution in [0.4, 0.5) is 11.4 Å². The normalized spacial score (nSPS) is 11.4. The van der Waals surface area contributed by atoms with Gasteiger partial charge < -0.3 is 11.5 Å². The van der Waals surface area contributed by atoms with Gasteiger partial charge in [-0.3, -0.25) is 0 Å². The average molecular weight is 316 g/mol.